The van der Waals surface area contributed by atoms with Gasteiger partial charge in [0.05, 0.1) is 6.42 Å². The Morgan fingerprint density at radius 2 is 2.07 bits per heavy atom. The molecule has 1 amide bonds. The van der Waals surface area contributed by atoms with Gasteiger partial charge in [-0.1, -0.05) is 11.4 Å². The number of hydrogen-bond acceptors (Lipinski definition) is 1. The molecule has 0 aliphatic carbocycles. The molecule has 0 atom stereocenters. The second-order valence-electron chi connectivity index (χ2n) is 4.58. The summed E-state index contributed by atoms with van der Waals surface area (Å²) in [5.41, 5.74) is 0.489. The van der Waals surface area contributed by atoms with Crippen molar-refractivity contribution < 1.29 is 4.79 Å². The molecule has 0 unspecified atom stereocenters. The van der Waals surface area contributed by atoms with E-state index < -0.39 is 0 Å². The summed E-state index contributed by atoms with van der Waals surface area (Å²) in [6.45, 7) is 12.0. The number of nitrogens with one attached hydrogen (secondary N) is 1. The Labute approximate surface area is 92.4 Å². The van der Waals surface area contributed by atoms with Crippen molar-refractivity contribution in [1.82, 2.24) is 5.32 Å². The van der Waals surface area contributed by atoms with Crippen LogP contribution in [0.25, 0.3) is 4.85 Å². The number of hydrogen-bond donors (Lipinski definition) is 1. The Hall–Kier alpha value is -1.30. The molecule has 0 aliphatic heterocycles. The molecule has 15 heavy (non-hydrogen) atoms. The lowest BCUT2D eigenvalue weighted by molar-refractivity contribution is -0.117. The van der Waals surface area contributed by atoms with E-state index in [1.807, 2.05) is 20.8 Å². The smallest absolute Gasteiger partial charge is 0.273 e. The van der Waals surface area contributed by atoms with Crippen molar-refractivity contribution in [2.45, 2.75) is 46.1 Å². The van der Waals surface area contributed by atoms with Gasteiger partial charge in [-0.25, -0.2) is 0 Å². The molecule has 0 aromatic rings. The van der Waals surface area contributed by atoms with Gasteiger partial charge in [0, 0.05) is 32.9 Å². The molecular weight excluding hydrogens is 188 g/mol. The van der Waals surface area contributed by atoms with Crippen LogP contribution in [0.4, 0.5) is 0 Å². The van der Waals surface area contributed by atoms with Gasteiger partial charge in [0.2, 0.25) is 5.91 Å². The Balaban J connectivity index is 3.60. The Morgan fingerprint density at radius 1 is 1.47 bits per heavy atom. The molecule has 0 bridgehead atoms. The van der Waals surface area contributed by atoms with Crippen LogP contribution >= 0.6 is 0 Å². The van der Waals surface area contributed by atoms with Crippen LogP contribution in [0.1, 0.15) is 40.5 Å². The molecule has 3 heteroatoms. The number of amides is 1. The highest BCUT2D eigenvalue weighted by Gasteiger charge is 2.18. The summed E-state index contributed by atoms with van der Waals surface area (Å²) in [4.78, 5) is 15.3. The van der Waals surface area contributed by atoms with Crippen molar-refractivity contribution in [3.63, 3.8) is 0 Å². The fourth-order valence-electron chi connectivity index (χ4n) is 0.813. The zero-order chi connectivity index (χ0) is 11.9. The summed E-state index contributed by atoms with van der Waals surface area (Å²) in [5, 5.41) is 2.76. The minimum atomic E-state index is -0.0808. The van der Waals surface area contributed by atoms with Crippen LogP contribution in [0, 0.1) is 6.07 Å². The Kier molecular flexibility index (Phi) is 5.69. The van der Waals surface area contributed by atoms with Gasteiger partial charge in [0.25, 0.3) is 11.6 Å². The summed E-state index contributed by atoms with van der Waals surface area (Å²) < 4.78 is 0. The lowest BCUT2D eigenvalue weighted by atomic mass is 10.1. The molecule has 0 aromatic carbocycles. The van der Waals surface area contributed by atoms with E-state index in [9.17, 15) is 4.79 Å². The minimum Gasteiger partial charge on any atom is -0.352 e. The van der Waals surface area contributed by atoms with E-state index >= 15 is 0 Å². The van der Waals surface area contributed by atoms with Gasteiger partial charge < -0.3 is 5.32 Å². The maximum atomic E-state index is 11.1. The van der Waals surface area contributed by atoms with Crippen molar-refractivity contribution in [2.75, 3.05) is 6.54 Å². The molecule has 0 saturated carbocycles. The fourth-order valence-corrected chi connectivity index (χ4v) is 0.813. The van der Waals surface area contributed by atoms with Gasteiger partial charge >= 0.3 is 0 Å². The third-order valence-electron chi connectivity index (χ3n) is 1.55. The Bertz CT molecular complexity index is 289. The van der Waals surface area contributed by atoms with Crippen molar-refractivity contribution in [3.8, 4) is 6.07 Å². The van der Waals surface area contributed by atoms with Crippen LogP contribution in [0.15, 0.2) is 12.2 Å². The van der Waals surface area contributed by atoms with Crippen molar-refractivity contribution in [1.29, 1.82) is 0 Å². The summed E-state index contributed by atoms with van der Waals surface area (Å²) in [6, 6.07) is 2.98. The highest BCUT2D eigenvalue weighted by molar-refractivity contribution is 5.91. The average Bonchev–Trinajstić information content (AvgIpc) is 2.08. The normalized spacial score (nSPS) is 10.1. The minimum absolute atomic E-state index is 0.0546. The number of unbranched alkanes of at least 4 members (excludes halogenated alkanes) is 1. The summed E-state index contributed by atoms with van der Waals surface area (Å²) in [5.74, 6) is -0.0808. The van der Waals surface area contributed by atoms with Gasteiger partial charge in [-0.05, 0) is 13.3 Å². The van der Waals surface area contributed by atoms with Crippen LogP contribution in [0.5, 0.6) is 0 Å². The van der Waals surface area contributed by atoms with Crippen molar-refractivity contribution in [2.24, 2.45) is 0 Å². The third-order valence-corrected chi connectivity index (χ3v) is 1.55. The molecule has 0 saturated heterocycles. The summed E-state index contributed by atoms with van der Waals surface area (Å²) in [7, 11) is 0. The first-order valence-electron chi connectivity index (χ1n) is 5.21. The lowest BCUT2D eigenvalue weighted by Crippen LogP contribution is -2.24. The van der Waals surface area contributed by atoms with Crippen LogP contribution in [0.2, 0.25) is 0 Å². The second kappa shape index (κ2) is 6.23. The largest absolute Gasteiger partial charge is 0.352 e. The summed E-state index contributed by atoms with van der Waals surface area (Å²) >= 11 is 0. The first-order chi connectivity index (χ1) is 6.83. The zero-order valence-corrected chi connectivity index (χ0v) is 10.2. The van der Waals surface area contributed by atoms with E-state index in [0.29, 0.717) is 12.1 Å². The van der Waals surface area contributed by atoms with Crippen LogP contribution in [-0.2, 0) is 4.79 Å². The van der Waals surface area contributed by atoms with Gasteiger partial charge in [0.1, 0.15) is 0 Å². The zero-order valence-electron chi connectivity index (χ0n) is 10.2. The van der Waals surface area contributed by atoms with Gasteiger partial charge in [-0.2, -0.15) is 0 Å². The predicted molar refractivity (Wildman–Crippen MR) is 64.1 cm³/mol. The van der Waals surface area contributed by atoms with Crippen LogP contribution < -0.4 is 5.32 Å². The highest BCUT2D eigenvalue weighted by atomic mass is 16.1. The van der Waals surface area contributed by atoms with E-state index in [2.05, 4.69) is 22.8 Å². The molecular formula is C12H21N2O+. The molecule has 3 nitrogen and oxygen atoms in total. The summed E-state index contributed by atoms with van der Waals surface area (Å²) in [6.07, 6.45) is 1.63. The van der Waals surface area contributed by atoms with E-state index in [4.69, 9.17) is 0 Å². The number of carbonyl (C=O) groups excluding carboxylic acids is 1. The molecule has 0 spiro atoms. The van der Waals surface area contributed by atoms with Crippen LogP contribution in [-0.4, -0.2) is 18.0 Å². The second-order valence-corrected chi connectivity index (χ2v) is 4.58. The van der Waals surface area contributed by atoms with Crippen molar-refractivity contribution in [3.05, 3.63) is 17.0 Å². The molecule has 0 fully saturated rings. The predicted octanol–water partition coefficient (Wildman–Crippen LogP) is 2.59. The molecule has 0 radical (unpaired) electrons. The number of rotatable bonds is 4. The van der Waals surface area contributed by atoms with Gasteiger partial charge in [-0.15, -0.1) is 0 Å². The average molecular weight is 209 g/mol. The third kappa shape index (κ3) is 9.01. The van der Waals surface area contributed by atoms with Gasteiger partial charge in [-0.3, -0.25) is 4.79 Å². The molecule has 0 rings (SSSR count). The standard InChI is InChI=1S/C12H20N2O/c1-10(2)11(15)13-8-6-7-9-14-12(3,4)5/h1,6-8H2,2-5H3/p+1. The highest BCUT2D eigenvalue weighted by Crippen LogP contribution is 2.05. The Morgan fingerprint density at radius 3 is 2.53 bits per heavy atom. The van der Waals surface area contributed by atoms with Crippen molar-refractivity contribution >= 4 is 5.91 Å². The molecule has 84 valence electrons. The molecule has 0 aromatic heterocycles. The topological polar surface area (TPSA) is 33.5 Å². The van der Waals surface area contributed by atoms with E-state index in [0.717, 1.165) is 12.8 Å². The SMILES string of the molecule is C=C(C)C(=O)NCCCC#[N+]C(C)(C)C. The van der Waals surface area contributed by atoms with Gasteiger partial charge in [0.15, 0.2) is 0 Å². The monoisotopic (exact) mass is 209 g/mol. The van der Waals surface area contributed by atoms with E-state index in [1.54, 1.807) is 6.92 Å². The van der Waals surface area contributed by atoms with E-state index in [-0.39, 0.29) is 11.4 Å². The van der Waals surface area contributed by atoms with Crippen LogP contribution in [0.3, 0.4) is 0 Å². The first kappa shape index (κ1) is 13.7. The lowest BCUT2D eigenvalue weighted by Gasteiger charge is -2.00. The fraction of sp³-hybridized carbons (Fsp3) is 0.667. The first-order valence-corrected chi connectivity index (χ1v) is 5.21. The maximum absolute atomic E-state index is 11.1. The number of nitrogens with zero attached hydrogens (tertiary/aromatic N) is 1. The molecule has 0 aliphatic rings. The molecule has 1 N–H and O–H groups in total. The number of carbonyl (C=O) groups is 1. The maximum Gasteiger partial charge on any atom is 0.273 e. The molecule has 0 heterocycles. The van der Waals surface area contributed by atoms with E-state index in [1.165, 1.54) is 0 Å². The quantitative estimate of drug-likeness (QED) is 0.560.